The summed E-state index contributed by atoms with van der Waals surface area (Å²) in [6.07, 6.45) is 1.34. The SMILES string of the molecule is CCOc1ccc(C(=O)NNC(=O)c2cnc(-c3ccccc3F)s2)cc1. The summed E-state index contributed by atoms with van der Waals surface area (Å²) in [5.41, 5.74) is 5.35. The molecule has 0 bridgehead atoms. The summed E-state index contributed by atoms with van der Waals surface area (Å²) in [6, 6.07) is 12.7. The first kappa shape index (κ1) is 18.5. The van der Waals surface area contributed by atoms with Crippen LogP contribution in [0.15, 0.2) is 54.7 Å². The van der Waals surface area contributed by atoms with Gasteiger partial charge in [0.1, 0.15) is 21.5 Å². The van der Waals surface area contributed by atoms with Crippen molar-refractivity contribution in [2.45, 2.75) is 6.92 Å². The van der Waals surface area contributed by atoms with Crippen LogP contribution in [0.2, 0.25) is 0 Å². The van der Waals surface area contributed by atoms with E-state index in [4.69, 9.17) is 4.74 Å². The van der Waals surface area contributed by atoms with Gasteiger partial charge in [0.15, 0.2) is 0 Å². The molecular weight excluding hydrogens is 369 g/mol. The van der Waals surface area contributed by atoms with E-state index in [0.717, 1.165) is 11.3 Å². The summed E-state index contributed by atoms with van der Waals surface area (Å²) >= 11 is 1.03. The number of nitrogens with one attached hydrogen (secondary N) is 2. The van der Waals surface area contributed by atoms with Gasteiger partial charge in [0.05, 0.1) is 12.8 Å². The molecule has 0 aliphatic heterocycles. The predicted octanol–water partition coefficient (Wildman–Crippen LogP) is 3.42. The number of hydrazine groups is 1. The molecule has 0 atom stereocenters. The van der Waals surface area contributed by atoms with E-state index in [2.05, 4.69) is 15.8 Å². The maximum atomic E-state index is 13.8. The number of rotatable bonds is 5. The Labute approximate surface area is 159 Å². The number of carbonyl (C=O) groups is 2. The number of nitrogens with zero attached hydrogens (tertiary/aromatic N) is 1. The van der Waals surface area contributed by atoms with Gasteiger partial charge < -0.3 is 4.74 Å². The largest absolute Gasteiger partial charge is 0.494 e. The van der Waals surface area contributed by atoms with Crippen molar-refractivity contribution in [3.63, 3.8) is 0 Å². The Morgan fingerprint density at radius 2 is 1.78 bits per heavy atom. The van der Waals surface area contributed by atoms with Gasteiger partial charge in [-0.15, -0.1) is 11.3 Å². The predicted molar refractivity (Wildman–Crippen MR) is 100 cm³/mol. The van der Waals surface area contributed by atoms with Crippen LogP contribution in [0.25, 0.3) is 10.6 Å². The number of thiazole rings is 1. The molecule has 0 aliphatic carbocycles. The zero-order valence-electron chi connectivity index (χ0n) is 14.4. The molecule has 6 nitrogen and oxygen atoms in total. The first-order valence-electron chi connectivity index (χ1n) is 8.12. The Bertz CT molecular complexity index is 957. The molecule has 0 spiro atoms. The van der Waals surface area contributed by atoms with Crippen LogP contribution in [0, 0.1) is 5.82 Å². The van der Waals surface area contributed by atoms with Gasteiger partial charge in [-0.05, 0) is 43.3 Å². The molecular formula is C19H16FN3O3S. The molecule has 3 aromatic rings. The molecule has 27 heavy (non-hydrogen) atoms. The highest BCUT2D eigenvalue weighted by Gasteiger charge is 2.15. The average molecular weight is 385 g/mol. The van der Waals surface area contributed by atoms with Gasteiger partial charge in [-0.1, -0.05) is 12.1 Å². The van der Waals surface area contributed by atoms with E-state index in [9.17, 15) is 14.0 Å². The second kappa shape index (κ2) is 8.41. The standard InChI is InChI=1S/C19H16FN3O3S/c1-2-26-13-9-7-12(8-10-13)17(24)22-23-18(25)16-11-21-19(27-16)14-5-3-4-6-15(14)20/h3-11H,2H2,1H3,(H,22,24)(H,23,25). The fraction of sp³-hybridized carbons (Fsp3) is 0.105. The highest BCUT2D eigenvalue weighted by atomic mass is 32.1. The summed E-state index contributed by atoms with van der Waals surface area (Å²) in [4.78, 5) is 28.6. The zero-order valence-corrected chi connectivity index (χ0v) is 15.2. The lowest BCUT2D eigenvalue weighted by atomic mass is 10.2. The second-order valence-electron chi connectivity index (χ2n) is 5.38. The molecule has 2 amide bonds. The Morgan fingerprint density at radius 3 is 2.48 bits per heavy atom. The number of carbonyl (C=O) groups excluding carboxylic acids is 2. The number of benzene rings is 2. The summed E-state index contributed by atoms with van der Waals surface area (Å²) < 4.78 is 19.1. The summed E-state index contributed by atoms with van der Waals surface area (Å²) in [6.45, 7) is 2.40. The van der Waals surface area contributed by atoms with Crippen molar-refractivity contribution in [3.05, 3.63) is 71.0 Å². The molecule has 0 aliphatic rings. The quantitative estimate of drug-likeness (QED) is 0.660. The van der Waals surface area contributed by atoms with Crippen molar-refractivity contribution < 1.29 is 18.7 Å². The number of hydrogen-bond acceptors (Lipinski definition) is 5. The van der Waals surface area contributed by atoms with E-state index in [0.29, 0.717) is 28.5 Å². The highest BCUT2D eigenvalue weighted by Crippen LogP contribution is 2.27. The van der Waals surface area contributed by atoms with E-state index in [1.54, 1.807) is 42.5 Å². The van der Waals surface area contributed by atoms with Crippen molar-refractivity contribution in [2.24, 2.45) is 0 Å². The minimum Gasteiger partial charge on any atom is -0.494 e. The lowest BCUT2D eigenvalue weighted by Crippen LogP contribution is -2.41. The topological polar surface area (TPSA) is 80.3 Å². The summed E-state index contributed by atoms with van der Waals surface area (Å²) in [5.74, 6) is -0.759. The average Bonchev–Trinajstić information content (AvgIpc) is 3.17. The Hall–Kier alpha value is -3.26. The number of ether oxygens (including phenoxy) is 1. The number of hydrogen-bond donors (Lipinski definition) is 2. The third kappa shape index (κ3) is 4.48. The minimum atomic E-state index is -0.533. The number of halogens is 1. The van der Waals surface area contributed by atoms with E-state index in [1.807, 2.05) is 6.92 Å². The normalized spacial score (nSPS) is 10.3. The van der Waals surface area contributed by atoms with Gasteiger partial charge in [-0.2, -0.15) is 0 Å². The van der Waals surface area contributed by atoms with Crippen LogP contribution < -0.4 is 15.6 Å². The molecule has 2 N–H and O–H groups in total. The van der Waals surface area contributed by atoms with Gasteiger partial charge in [0, 0.05) is 11.1 Å². The van der Waals surface area contributed by atoms with E-state index < -0.39 is 17.6 Å². The van der Waals surface area contributed by atoms with Gasteiger partial charge >= 0.3 is 0 Å². The summed E-state index contributed by atoms with van der Waals surface area (Å²) in [5, 5.41) is 0.385. The van der Waals surface area contributed by atoms with Crippen LogP contribution in [0.5, 0.6) is 5.75 Å². The van der Waals surface area contributed by atoms with E-state index in [1.165, 1.54) is 12.3 Å². The molecule has 0 fully saturated rings. The first-order chi connectivity index (χ1) is 13.1. The second-order valence-corrected chi connectivity index (χ2v) is 6.41. The minimum absolute atomic E-state index is 0.250. The fourth-order valence-electron chi connectivity index (χ4n) is 2.25. The van der Waals surface area contributed by atoms with Crippen molar-refractivity contribution in [1.82, 2.24) is 15.8 Å². The number of amides is 2. The first-order valence-corrected chi connectivity index (χ1v) is 8.94. The Balaban J connectivity index is 1.61. The van der Waals surface area contributed by atoms with Gasteiger partial charge in [-0.3, -0.25) is 20.4 Å². The molecule has 1 heterocycles. The summed E-state index contributed by atoms with van der Waals surface area (Å²) in [7, 11) is 0. The molecule has 3 rings (SSSR count). The van der Waals surface area contributed by atoms with Crippen LogP contribution in [0.1, 0.15) is 27.0 Å². The molecule has 0 saturated heterocycles. The van der Waals surface area contributed by atoms with Crippen molar-refractivity contribution in [1.29, 1.82) is 0 Å². The molecule has 2 aromatic carbocycles. The lowest BCUT2D eigenvalue weighted by Gasteiger charge is -2.07. The molecule has 0 radical (unpaired) electrons. The van der Waals surface area contributed by atoms with Gasteiger partial charge in [0.25, 0.3) is 11.8 Å². The van der Waals surface area contributed by atoms with E-state index >= 15 is 0 Å². The molecule has 1 aromatic heterocycles. The maximum absolute atomic E-state index is 13.8. The third-order valence-electron chi connectivity index (χ3n) is 3.55. The maximum Gasteiger partial charge on any atom is 0.281 e. The fourth-order valence-corrected chi connectivity index (χ4v) is 3.09. The van der Waals surface area contributed by atoms with Crippen LogP contribution in [0.3, 0.4) is 0 Å². The van der Waals surface area contributed by atoms with Gasteiger partial charge in [0.2, 0.25) is 0 Å². The highest BCUT2D eigenvalue weighted by molar-refractivity contribution is 7.16. The van der Waals surface area contributed by atoms with Gasteiger partial charge in [-0.25, -0.2) is 9.37 Å². The van der Waals surface area contributed by atoms with Crippen molar-refractivity contribution >= 4 is 23.2 Å². The van der Waals surface area contributed by atoms with Crippen LogP contribution >= 0.6 is 11.3 Å². The zero-order chi connectivity index (χ0) is 19.2. The molecule has 8 heteroatoms. The number of aromatic nitrogens is 1. The van der Waals surface area contributed by atoms with E-state index in [-0.39, 0.29) is 4.88 Å². The monoisotopic (exact) mass is 385 g/mol. The van der Waals surface area contributed by atoms with Crippen molar-refractivity contribution in [3.8, 4) is 16.3 Å². The van der Waals surface area contributed by atoms with Crippen molar-refractivity contribution in [2.75, 3.05) is 6.61 Å². The Morgan fingerprint density at radius 1 is 1.07 bits per heavy atom. The van der Waals surface area contributed by atoms with Crippen LogP contribution in [0.4, 0.5) is 4.39 Å². The molecule has 138 valence electrons. The molecule has 0 saturated carbocycles. The smallest absolute Gasteiger partial charge is 0.281 e. The molecule has 0 unspecified atom stereocenters. The Kier molecular flexibility index (Phi) is 5.77. The third-order valence-corrected chi connectivity index (χ3v) is 4.58. The lowest BCUT2D eigenvalue weighted by molar-refractivity contribution is 0.0848. The van der Waals surface area contributed by atoms with Crippen LogP contribution in [-0.4, -0.2) is 23.4 Å². The van der Waals surface area contributed by atoms with Crippen LogP contribution in [-0.2, 0) is 0 Å².